The lowest BCUT2D eigenvalue weighted by Crippen LogP contribution is -2.14. The highest BCUT2D eigenvalue weighted by Crippen LogP contribution is 2.25. The van der Waals surface area contributed by atoms with Gasteiger partial charge in [-0.3, -0.25) is 4.72 Å². The van der Waals surface area contributed by atoms with Gasteiger partial charge in [-0.15, -0.1) is 0 Å². The van der Waals surface area contributed by atoms with Gasteiger partial charge in [0.15, 0.2) is 0 Å². The molecule has 0 fully saturated rings. The maximum absolute atomic E-state index is 12.4. The Morgan fingerprint density at radius 2 is 1.71 bits per heavy atom. The molecule has 2 rings (SSSR count). The van der Waals surface area contributed by atoms with Gasteiger partial charge in [0.25, 0.3) is 10.0 Å². The number of nitrogens with one attached hydrogen (secondary N) is 1. The molecule has 2 aromatic rings. The lowest BCUT2D eigenvalue weighted by Gasteiger charge is -2.12. The van der Waals surface area contributed by atoms with Crippen molar-refractivity contribution in [2.45, 2.75) is 24.7 Å². The van der Waals surface area contributed by atoms with Crippen molar-refractivity contribution < 1.29 is 8.42 Å². The average Bonchev–Trinajstić information content (AvgIpc) is 2.41. The van der Waals surface area contributed by atoms with Crippen LogP contribution in [-0.2, 0) is 10.0 Å². The predicted molar refractivity (Wildman–Crippen MR) is 89.9 cm³/mol. The van der Waals surface area contributed by atoms with E-state index in [1.165, 1.54) is 6.07 Å². The molecular weight excluding hydrogens is 352 g/mol. The quantitative estimate of drug-likeness (QED) is 0.802. The predicted octanol–water partition coefficient (Wildman–Crippen LogP) is 3.96. The van der Waals surface area contributed by atoms with Crippen LogP contribution in [0.15, 0.2) is 51.8 Å². The van der Waals surface area contributed by atoms with Crippen molar-refractivity contribution in [2.75, 3.05) is 10.5 Å². The summed E-state index contributed by atoms with van der Waals surface area (Å²) >= 11 is 3.25. The molecule has 0 aliphatic rings. The molecule has 0 bridgehead atoms. The second-order valence-electron chi connectivity index (χ2n) is 5.06. The summed E-state index contributed by atoms with van der Waals surface area (Å²) in [4.78, 5) is 0.0600. The fourth-order valence-electron chi connectivity index (χ4n) is 1.89. The maximum Gasteiger partial charge on any atom is 0.263 e. The van der Waals surface area contributed by atoms with E-state index >= 15 is 0 Å². The normalized spacial score (nSPS) is 11.6. The number of sulfonamides is 1. The van der Waals surface area contributed by atoms with E-state index in [1.54, 1.807) is 24.3 Å². The van der Waals surface area contributed by atoms with E-state index in [1.807, 2.05) is 12.1 Å². The van der Waals surface area contributed by atoms with Gasteiger partial charge in [-0.05, 0) is 41.8 Å². The Morgan fingerprint density at radius 1 is 1.10 bits per heavy atom. The number of halogens is 1. The zero-order valence-corrected chi connectivity index (χ0v) is 14.2. The Morgan fingerprint density at radius 3 is 2.29 bits per heavy atom. The van der Waals surface area contributed by atoms with E-state index in [-0.39, 0.29) is 10.6 Å². The van der Waals surface area contributed by atoms with Gasteiger partial charge in [-0.2, -0.15) is 0 Å². The summed E-state index contributed by atoms with van der Waals surface area (Å²) in [6, 6.07) is 12.1. The lowest BCUT2D eigenvalue weighted by atomic mass is 10.0. The minimum atomic E-state index is -3.70. The van der Waals surface area contributed by atoms with Crippen LogP contribution in [0.25, 0.3) is 0 Å². The first-order valence-corrected chi connectivity index (χ1v) is 8.75. The third kappa shape index (κ3) is 3.77. The molecule has 0 spiro atoms. The zero-order valence-electron chi connectivity index (χ0n) is 11.8. The van der Waals surface area contributed by atoms with E-state index in [9.17, 15) is 8.42 Å². The summed E-state index contributed by atoms with van der Waals surface area (Å²) in [6.45, 7) is 4.17. The Hall–Kier alpha value is -1.53. The summed E-state index contributed by atoms with van der Waals surface area (Å²) in [5.41, 5.74) is 7.63. The SMILES string of the molecule is CC(C)c1ccc(NS(=O)(=O)c2cc(Br)ccc2N)cc1. The van der Waals surface area contributed by atoms with E-state index in [0.717, 1.165) is 5.56 Å². The van der Waals surface area contributed by atoms with Gasteiger partial charge in [0.1, 0.15) is 4.90 Å². The molecule has 0 unspecified atom stereocenters. The summed E-state index contributed by atoms with van der Waals surface area (Å²) < 4.78 is 28.0. The van der Waals surface area contributed by atoms with Gasteiger partial charge in [-0.25, -0.2) is 8.42 Å². The Balaban J connectivity index is 2.31. The van der Waals surface area contributed by atoms with Crippen LogP contribution in [0.2, 0.25) is 0 Å². The van der Waals surface area contributed by atoms with Crippen LogP contribution in [0.4, 0.5) is 11.4 Å². The van der Waals surface area contributed by atoms with Crippen molar-refractivity contribution in [3.05, 3.63) is 52.5 Å². The van der Waals surface area contributed by atoms with Crippen LogP contribution in [0.5, 0.6) is 0 Å². The van der Waals surface area contributed by atoms with Crippen molar-refractivity contribution >= 4 is 37.3 Å². The Bertz CT molecular complexity index is 741. The third-order valence-electron chi connectivity index (χ3n) is 3.09. The molecule has 6 heteroatoms. The molecule has 0 saturated heterocycles. The molecule has 21 heavy (non-hydrogen) atoms. The van der Waals surface area contributed by atoms with Crippen molar-refractivity contribution in [2.24, 2.45) is 0 Å². The number of rotatable bonds is 4. The highest BCUT2D eigenvalue weighted by atomic mass is 79.9. The van der Waals surface area contributed by atoms with Crippen LogP contribution in [0.1, 0.15) is 25.3 Å². The molecule has 0 aromatic heterocycles. The van der Waals surface area contributed by atoms with Crippen LogP contribution in [0.3, 0.4) is 0 Å². The second-order valence-corrected chi connectivity index (χ2v) is 7.63. The van der Waals surface area contributed by atoms with Gasteiger partial charge in [-0.1, -0.05) is 41.9 Å². The van der Waals surface area contributed by atoms with Crippen molar-refractivity contribution in [1.29, 1.82) is 0 Å². The molecule has 0 aliphatic carbocycles. The minimum Gasteiger partial charge on any atom is -0.398 e. The van der Waals surface area contributed by atoms with Crippen LogP contribution < -0.4 is 10.5 Å². The first-order chi connectivity index (χ1) is 9.79. The standard InChI is InChI=1S/C15H17BrN2O2S/c1-10(2)11-3-6-13(7-4-11)18-21(19,20)15-9-12(16)5-8-14(15)17/h3-10,18H,17H2,1-2H3. The number of nitrogens with two attached hydrogens (primary N) is 1. The highest BCUT2D eigenvalue weighted by molar-refractivity contribution is 9.10. The first kappa shape index (κ1) is 15.9. The van der Waals surface area contributed by atoms with Gasteiger partial charge < -0.3 is 5.73 Å². The monoisotopic (exact) mass is 368 g/mol. The molecule has 2 aromatic carbocycles. The van der Waals surface area contributed by atoms with E-state index < -0.39 is 10.0 Å². The molecule has 4 nitrogen and oxygen atoms in total. The van der Waals surface area contributed by atoms with Gasteiger partial charge in [0, 0.05) is 10.2 Å². The Kier molecular flexibility index (Phi) is 4.58. The summed E-state index contributed by atoms with van der Waals surface area (Å²) in [5, 5.41) is 0. The number of hydrogen-bond donors (Lipinski definition) is 2. The molecule has 112 valence electrons. The average molecular weight is 369 g/mol. The molecule has 0 amide bonds. The van der Waals surface area contributed by atoms with Crippen molar-refractivity contribution in [3.8, 4) is 0 Å². The van der Waals surface area contributed by atoms with E-state index in [0.29, 0.717) is 16.1 Å². The molecule has 0 heterocycles. The van der Waals surface area contributed by atoms with Crippen molar-refractivity contribution in [3.63, 3.8) is 0 Å². The third-order valence-corrected chi connectivity index (χ3v) is 5.02. The van der Waals surface area contributed by atoms with E-state index in [4.69, 9.17) is 5.73 Å². The van der Waals surface area contributed by atoms with Gasteiger partial charge in [0.2, 0.25) is 0 Å². The molecule has 0 saturated carbocycles. The largest absolute Gasteiger partial charge is 0.398 e. The smallest absolute Gasteiger partial charge is 0.263 e. The minimum absolute atomic E-state index is 0.0600. The van der Waals surface area contributed by atoms with Gasteiger partial charge >= 0.3 is 0 Å². The molecule has 0 aliphatic heterocycles. The topological polar surface area (TPSA) is 72.2 Å². The summed E-state index contributed by atoms with van der Waals surface area (Å²) in [6.07, 6.45) is 0. The molecular formula is C15H17BrN2O2S. The van der Waals surface area contributed by atoms with Crippen molar-refractivity contribution in [1.82, 2.24) is 0 Å². The fourth-order valence-corrected chi connectivity index (χ4v) is 3.62. The molecule has 0 radical (unpaired) electrons. The number of nitrogen functional groups attached to an aromatic ring is 1. The van der Waals surface area contributed by atoms with Crippen LogP contribution >= 0.6 is 15.9 Å². The van der Waals surface area contributed by atoms with E-state index in [2.05, 4.69) is 34.5 Å². The van der Waals surface area contributed by atoms with Crippen LogP contribution in [0, 0.1) is 0 Å². The summed E-state index contributed by atoms with van der Waals surface area (Å²) in [5.74, 6) is 0.399. The second kappa shape index (κ2) is 6.07. The molecule has 3 N–H and O–H groups in total. The Labute approximate surface area is 133 Å². The fraction of sp³-hybridized carbons (Fsp3) is 0.200. The maximum atomic E-state index is 12.4. The number of benzene rings is 2. The lowest BCUT2D eigenvalue weighted by molar-refractivity contribution is 0.601. The molecule has 0 atom stereocenters. The zero-order chi connectivity index (χ0) is 15.6. The first-order valence-electron chi connectivity index (χ1n) is 6.47. The summed E-state index contributed by atoms with van der Waals surface area (Å²) in [7, 11) is -3.70. The number of anilines is 2. The highest BCUT2D eigenvalue weighted by Gasteiger charge is 2.18. The number of hydrogen-bond acceptors (Lipinski definition) is 3. The van der Waals surface area contributed by atoms with Crippen LogP contribution in [-0.4, -0.2) is 8.42 Å². The van der Waals surface area contributed by atoms with Gasteiger partial charge in [0.05, 0.1) is 5.69 Å².